The zero-order chi connectivity index (χ0) is 12.4. The predicted molar refractivity (Wildman–Crippen MR) is 71.0 cm³/mol. The standard InChI is InChI=1S/C14H18N2O2/c1-17-14-8-10(7-12-11(14)3-5-16-12)13-9-18-6-2-4-15-13/h3,5,7-8,13,15-16H,2,4,6,9H2,1H3. The van der Waals surface area contributed by atoms with Crippen molar-refractivity contribution in [3.05, 3.63) is 30.0 Å². The number of rotatable bonds is 2. The molecule has 2 N–H and O–H groups in total. The Morgan fingerprint density at radius 1 is 1.39 bits per heavy atom. The van der Waals surface area contributed by atoms with Gasteiger partial charge in [-0.25, -0.2) is 0 Å². The summed E-state index contributed by atoms with van der Waals surface area (Å²) in [5.41, 5.74) is 2.32. The van der Waals surface area contributed by atoms with Crippen molar-refractivity contribution < 1.29 is 9.47 Å². The molecule has 1 aliphatic heterocycles. The number of hydrogen-bond donors (Lipinski definition) is 2. The van der Waals surface area contributed by atoms with Crippen molar-refractivity contribution in [2.75, 3.05) is 26.9 Å². The molecule has 0 bridgehead atoms. The number of methoxy groups -OCH3 is 1. The van der Waals surface area contributed by atoms with Gasteiger partial charge >= 0.3 is 0 Å². The number of fused-ring (bicyclic) bond motifs is 1. The largest absolute Gasteiger partial charge is 0.496 e. The number of ether oxygens (including phenoxy) is 2. The van der Waals surface area contributed by atoms with Crippen LogP contribution in [-0.4, -0.2) is 31.9 Å². The van der Waals surface area contributed by atoms with Gasteiger partial charge in [0.15, 0.2) is 0 Å². The van der Waals surface area contributed by atoms with E-state index >= 15 is 0 Å². The smallest absolute Gasteiger partial charge is 0.128 e. The fraction of sp³-hybridized carbons (Fsp3) is 0.429. The van der Waals surface area contributed by atoms with Gasteiger partial charge in [-0.15, -0.1) is 0 Å². The first-order chi connectivity index (χ1) is 8.88. The van der Waals surface area contributed by atoms with Gasteiger partial charge in [0.05, 0.1) is 19.8 Å². The highest BCUT2D eigenvalue weighted by Crippen LogP contribution is 2.29. The zero-order valence-corrected chi connectivity index (χ0v) is 10.5. The van der Waals surface area contributed by atoms with E-state index in [9.17, 15) is 0 Å². The molecule has 2 heterocycles. The molecule has 0 spiro atoms. The van der Waals surface area contributed by atoms with Crippen molar-refractivity contribution in [2.45, 2.75) is 12.5 Å². The van der Waals surface area contributed by atoms with Gasteiger partial charge in [0.1, 0.15) is 5.75 Å². The van der Waals surface area contributed by atoms with E-state index in [2.05, 4.69) is 22.4 Å². The van der Waals surface area contributed by atoms with Crippen LogP contribution < -0.4 is 10.1 Å². The third-order valence-electron chi connectivity index (χ3n) is 3.42. The fourth-order valence-corrected chi connectivity index (χ4v) is 2.45. The first-order valence-electron chi connectivity index (χ1n) is 6.34. The summed E-state index contributed by atoms with van der Waals surface area (Å²) in [5.74, 6) is 0.912. The molecular weight excluding hydrogens is 228 g/mol. The SMILES string of the molecule is COc1cc(C2COCCCN2)cc2[nH]ccc12. The van der Waals surface area contributed by atoms with Gasteiger partial charge in [0.2, 0.25) is 0 Å². The van der Waals surface area contributed by atoms with Gasteiger partial charge in [-0.3, -0.25) is 0 Å². The van der Waals surface area contributed by atoms with Gasteiger partial charge in [0.25, 0.3) is 0 Å². The van der Waals surface area contributed by atoms with Crippen LogP contribution >= 0.6 is 0 Å². The summed E-state index contributed by atoms with van der Waals surface area (Å²) >= 11 is 0. The van der Waals surface area contributed by atoms with Gasteiger partial charge in [-0.1, -0.05) is 0 Å². The van der Waals surface area contributed by atoms with Gasteiger partial charge in [-0.05, 0) is 36.7 Å². The third-order valence-corrected chi connectivity index (χ3v) is 3.42. The summed E-state index contributed by atoms with van der Waals surface area (Å²) in [6.07, 6.45) is 3.01. The summed E-state index contributed by atoms with van der Waals surface area (Å²) in [4.78, 5) is 3.24. The Bertz CT molecular complexity index is 528. The molecule has 4 heteroatoms. The van der Waals surface area contributed by atoms with E-state index in [1.165, 1.54) is 5.56 Å². The second-order valence-corrected chi connectivity index (χ2v) is 4.60. The Morgan fingerprint density at radius 2 is 2.33 bits per heavy atom. The van der Waals surface area contributed by atoms with Crippen LogP contribution in [0, 0.1) is 0 Å². The summed E-state index contributed by atoms with van der Waals surface area (Å²) in [6.45, 7) is 2.55. The summed E-state index contributed by atoms with van der Waals surface area (Å²) in [6, 6.07) is 6.55. The van der Waals surface area contributed by atoms with Crippen molar-refractivity contribution in [3.8, 4) is 5.75 Å². The van der Waals surface area contributed by atoms with Crippen LogP contribution in [0.4, 0.5) is 0 Å². The topological polar surface area (TPSA) is 46.3 Å². The molecule has 4 nitrogen and oxygen atoms in total. The van der Waals surface area contributed by atoms with Crippen LogP contribution in [0.5, 0.6) is 5.75 Å². The van der Waals surface area contributed by atoms with E-state index in [1.807, 2.05) is 12.3 Å². The number of H-pyrrole nitrogens is 1. The molecule has 1 aromatic heterocycles. The fourth-order valence-electron chi connectivity index (χ4n) is 2.45. The van der Waals surface area contributed by atoms with E-state index in [0.29, 0.717) is 0 Å². The monoisotopic (exact) mass is 246 g/mol. The third kappa shape index (κ3) is 2.09. The average Bonchev–Trinajstić information content (AvgIpc) is 2.71. The van der Waals surface area contributed by atoms with Crippen molar-refractivity contribution in [1.29, 1.82) is 0 Å². The number of aromatic nitrogens is 1. The van der Waals surface area contributed by atoms with E-state index in [4.69, 9.17) is 9.47 Å². The lowest BCUT2D eigenvalue weighted by Gasteiger charge is -2.17. The highest BCUT2D eigenvalue weighted by Gasteiger charge is 2.16. The predicted octanol–water partition coefficient (Wildman–Crippen LogP) is 2.23. The molecule has 18 heavy (non-hydrogen) atoms. The quantitative estimate of drug-likeness (QED) is 0.854. The Balaban J connectivity index is 1.99. The first kappa shape index (κ1) is 11.6. The summed E-state index contributed by atoms with van der Waals surface area (Å²) in [5, 5.41) is 4.63. The molecule has 0 saturated carbocycles. The maximum absolute atomic E-state index is 5.62. The van der Waals surface area contributed by atoms with Crippen molar-refractivity contribution in [1.82, 2.24) is 10.3 Å². The lowest BCUT2D eigenvalue weighted by atomic mass is 10.0. The molecule has 3 rings (SSSR count). The number of benzene rings is 1. The second-order valence-electron chi connectivity index (χ2n) is 4.60. The van der Waals surface area contributed by atoms with Crippen LogP contribution in [0.3, 0.4) is 0 Å². The molecule has 2 aromatic rings. The normalized spacial score (nSPS) is 20.8. The lowest BCUT2D eigenvalue weighted by Crippen LogP contribution is -2.23. The number of nitrogens with one attached hydrogen (secondary N) is 2. The van der Waals surface area contributed by atoms with Crippen molar-refractivity contribution in [3.63, 3.8) is 0 Å². The Labute approximate surface area is 106 Å². The minimum absolute atomic E-state index is 0.245. The molecular formula is C14H18N2O2. The molecule has 1 atom stereocenters. The van der Waals surface area contributed by atoms with Crippen LogP contribution in [0.1, 0.15) is 18.0 Å². The minimum atomic E-state index is 0.245. The Hall–Kier alpha value is -1.52. The van der Waals surface area contributed by atoms with Gasteiger partial charge in [-0.2, -0.15) is 0 Å². The summed E-state index contributed by atoms with van der Waals surface area (Å²) < 4.78 is 11.1. The van der Waals surface area contributed by atoms with E-state index in [-0.39, 0.29) is 6.04 Å². The van der Waals surface area contributed by atoms with Crippen LogP contribution in [0.2, 0.25) is 0 Å². The number of hydrogen-bond acceptors (Lipinski definition) is 3. The van der Waals surface area contributed by atoms with Crippen LogP contribution in [0.25, 0.3) is 10.9 Å². The van der Waals surface area contributed by atoms with Gasteiger partial charge in [0, 0.05) is 23.7 Å². The Kier molecular flexibility index (Phi) is 3.21. The maximum Gasteiger partial charge on any atom is 0.128 e. The maximum atomic E-state index is 5.62. The molecule has 1 unspecified atom stereocenters. The van der Waals surface area contributed by atoms with E-state index in [0.717, 1.165) is 42.8 Å². The van der Waals surface area contributed by atoms with Crippen LogP contribution in [0.15, 0.2) is 24.4 Å². The highest BCUT2D eigenvalue weighted by molar-refractivity contribution is 5.86. The molecule has 0 radical (unpaired) electrons. The number of aromatic amines is 1. The molecule has 1 fully saturated rings. The first-order valence-corrected chi connectivity index (χ1v) is 6.34. The average molecular weight is 246 g/mol. The molecule has 1 aromatic carbocycles. The highest BCUT2D eigenvalue weighted by atomic mass is 16.5. The molecule has 1 saturated heterocycles. The zero-order valence-electron chi connectivity index (χ0n) is 10.5. The lowest BCUT2D eigenvalue weighted by molar-refractivity contribution is 0.131. The van der Waals surface area contributed by atoms with Crippen molar-refractivity contribution in [2.24, 2.45) is 0 Å². The Morgan fingerprint density at radius 3 is 3.22 bits per heavy atom. The molecule has 1 aliphatic rings. The van der Waals surface area contributed by atoms with Crippen LogP contribution in [-0.2, 0) is 4.74 Å². The summed E-state index contributed by atoms with van der Waals surface area (Å²) in [7, 11) is 1.71. The minimum Gasteiger partial charge on any atom is -0.496 e. The molecule has 96 valence electrons. The molecule has 0 amide bonds. The van der Waals surface area contributed by atoms with Crippen molar-refractivity contribution >= 4 is 10.9 Å². The molecule has 0 aliphatic carbocycles. The van der Waals surface area contributed by atoms with E-state index in [1.54, 1.807) is 7.11 Å². The van der Waals surface area contributed by atoms with Gasteiger partial charge < -0.3 is 19.8 Å². The van der Waals surface area contributed by atoms with E-state index < -0.39 is 0 Å². The second kappa shape index (κ2) is 5.00.